The highest BCUT2D eigenvalue weighted by Gasteiger charge is 2.27. The van der Waals surface area contributed by atoms with Crippen LogP contribution in [0.3, 0.4) is 0 Å². The number of anilines is 3. The van der Waals surface area contributed by atoms with Crippen LogP contribution in [-0.4, -0.2) is 41.1 Å². The van der Waals surface area contributed by atoms with Gasteiger partial charge in [-0.3, -0.25) is 13.8 Å². The van der Waals surface area contributed by atoms with Gasteiger partial charge in [0.2, 0.25) is 0 Å². The number of halogens is 1. The summed E-state index contributed by atoms with van der Waals surface area (Å²) in [6.45, 7) is 3.48. The first-order chi connectivity index (χ1) is 19.8. The number of hydrogen-bond donors (Lipinski definition) is 2. The Balaban J connectivity index is 1.46. The van der Waals surface area contributed by atoms with Crippen molar-refractivity contribution in [3.8, 4) is 0 Å². The number of sulfonamides is 1. The van der Waals surface area contributed by atoms with Crippen molar-refractivity contribution >= 4 is 43.2 Å². The van der Waals surface area contributed by atoms with Gasteiger partial charge in [0.15, 0.2) is 0 Å². The number of nitrogens with zero attached hydrogens (tertiary/aromatic N) is 2. The Labute approximate surface area is 245 Å². The summed E-state index contributed by atoms with van der Waals surface area (Å²) < 4.78 is 70.8. The molecular formula is C30H31FN4O5S2. The van der Waals surface area contributed by atoms with Crippen LogP contribution in [0, 0.1) is 19.7 Å². The highest BCUT2D eigenvalue weighted by atomic mass is 32.2. The fourth-order valence-corrected chi connectivity index (χ4v) is 6.46. The van der Waals surface area contributed by atoms with Crippen LogP contribution in [0.5, 0.6) is 0 Å². The predicted octanol–water partition coefficient (Wildman–Crippen LogP) is 5.31. The van der Waals surface area contributed by atoms with Crippen molar-refractivity contribution in [1.82, 2.24) is 4.31 Å². The van der Waals surface area contributed by atoms with Crippen molar-refractivity contribution < 1.29 is 26.0 Å². The number of aryl methyl sites for hydroxylation is 2. The molecule has 0 radical (unpaired) electrons. The molecule has 0 atom stereocenters. The van der Waals surface area contributed by atoms with Crippen LogP contribution in [0.1, 0.15) is 27.0 Å². The summed E-state index contributed by atoms with van der Waals surface area (Å²) in [7, 11) is -5.14. The van der Waals surface area contributed by atoms with Crippen LogP contribution in [0.4, 0.5) is 21.5 Å². The zero-order chi connectivity index (χ0) is 30.7. The highest BCUT2D eigenvalue weighted by molar-refractivity contribution is 7.92. The van der Waals surface area contributed by atoms with Gasteiger partial charge in [-0.1, -0.05) is 42.5 Å². The molecule has 9 nitrogen and oxygen atoms in total. The van der Waals surface area contributed by atoms with Crippen LogP contribution in [0.2, 0.25) is 0 Å². The van der Waals surface area contributed by atoms with Gasteiger partial charge in [0.05, 0.1) is 22.8 Å². The predicted molar refractivity (Wildman–Crippen MR) is 163 cm³/mol. The topological polar surface area (TPSA) is 116 Å². The summed E-state index contributed by atoms with van der Waals surface area (Å²) in [6.07, 6.45) is 0. The van der Waals surface area contributed by atoms with Gasteiger partial charge in [-0.2, -0.15) is 12.7 Å². The van der Waals surface area contributed by atoms with Crippen molar-refractivity contribution in [2.24, 2.45) is 0 Å². The van der Waals surface area contributed by atoms with Gasteiger partial charge in [0.1, 0.15) is 5.82 Å². The maximum Gasteiger partial charge on any atom is 0.303 e. The lowest BCUT2D eigenvalue weighted by molar-refractivity contribution is 0.102. The van der Waals surface area contributed by atoms with Gasteiger partial charge >= 0.3 is 10.2 Å². The second kappa shape index (κ2) is 12.3. The van der Waals surface area contributed by atoms with Crippen LogP contribution >= 0.6 is 0 Å². The van der Waals surface area contributed by atoms with E-state index >= 15 is 0 Å². The summed E-state index contributed by atoms with van der Waals surface area (Å²) in [4.78, 5) is 12.9. The van der Waals surface area contributed by atoms with E-state index in [1.54, 1.807) is 18.2 Å². The highest BCUT2D eigenvalue weighted by Crippen LogP contribution is 2.26. The van der Waals surface area contributed by atoms with Gasteiger partial charge in [0.25, 0.3) is 15.9 Å². The minimum Gasteiger partial charge on any atom is -0.322 e. The molecule has 4 aromatic rings. The molecule has 42 heavy (non-hydrogen) atoms. The van der Waals surface area contributed by atoms with Crippen molar-refractivity contribution in [2.45, 2.75) is 25.3 Å². The summed E-state index contributed by atoms with van der Waals surface area (Å²) in [5.41, 5.74) is 3.24. The molecule has 0 aliphatic rings. The third-order valence-electron chi connectivity index (χ3n) is 6.54. The van der Waals surface area contributed by atoms with Gasteiger partial charge < -0.3 is 5.32 Å². The molecule has 4 aromatic carbocycles. The number of para-hydroxylation sites is 2. The van der Waals surface area contributed by atoms with Crippen molar-refractivity contribution in [1.29, 1.82) is 0 Å². The fourth-order valence-electron chi connectivity index (χ4n) is 4.16. The molecule has 0 bridgehead atoms. The lowest BCUT2D eigenvalue weighted by Crippen LogP contribution is -2.40. The van der Waals surface area contributed by atoms with E-state index in [0.29, 0.717) is 22.5 Å². The molecule has 1 amide bonds. The summed E-state index contributed by atoms with van der Waals surface area (Å²) in [5, 5.41) is 2.72. The number of hydrogen-bond acceptors (Lipinski definition) is 5. The van der Waals surface area contributed by atoms with Crippen molar-refractivity contribution in [3.63, 3.8) is 0 Å². The minimum absolute atomic E-state index is 0.0413. The van der Waals surface area contributed by atoms with Crippen LogP contribution in [0.15, 0.2) is 95.9 Å². The molecule has 2 N–H and O–H groups in total. The molecule has 0 saturated carbocycles. The summed E-state index contributed by atoms with van der Waals surface area (Å²) in [5.74, 6) is -1.13. The number of benzene rings is 4. The van der Waals surface area contributed by atoms with E-state index in [-0.39, 0.29) is 17.1 Å². The number of amides is 1. The molecule has 4 rings (SSSR count). The zero-order valence-electron chi connectivity index (χ0n) is 23.5. The van der Waals surface area contributed by atoms with Crippen LogP contribution in [-0.2, 0) is 26.8 Å². The van der Waals surface area contributed by atoms with E-state index in [1.807, 2.05) is 32.0 Å². The number of carbonyl (C=O) groups is 1. The van der Waals surface area contributed by atoms with Gasteiger partial charge in [-0.05, 0) is 79.1 Å². The SMILES string of the molecule is Cc1cccc(C)c1NS(=O)(=O)c1ccc(NC(=O)c2ccc(CN(c3ccccc3F)S(=O)(=O)N(C)C)cc2)cc1. The Hall–Kier alpha value is -4.26. The van der Waals surface area contributed by atoms with E-state index in [2.05, 4.69) is 10.0 Å². The normalized spacial score (nSPS) is 11.8. The van der Waals surface area contributed by atoms with Gasteiger partial charge in [-0.25, -0.2) is 12.8 Å². The summed E-state index contributed by atoms with van der Waals surface area (Å²) in [6, 6.07) is 23.1. The van der Waals surface area contributed by atoms with Crippen molar-refractivity contribution in [3.05, 3.63) is 119 Å². The second-order valence-corrected chi connectivity index (χ2v) is 13.5. The largest absolute Gasteiger partial charge is 0.322 e. The Bertz CT molecular complexity index is 1790. The average Bonchev–Trinajstić information content (AvgIpc) is 2.95. The number of carbonyl (C=O) groups excluding carboxylic acids is 1. The standard InChI is InChI=1S/C30H31FN4O5S2/c1-21-8-7-9-22(2)29(21)33-41(37,38)26-18-16-25(17-19-26)32-30(36)24-14-12-23(13-15-24)20-35(42(39,40)34(3)4)28-11-6-5-10-27(28)31/h5-19,33H,20H2,1-4H3,(H,32,36). The smallest absolute Gasteiger partial charge is 0.303 e. The Kier molecular flexibility index (Phi) is 9.00. The van der Waals surface area contributed by atoms with E-state index in [9.17, 15) is 26.0 Å². The van der Waals surface area contributed by atoms with Crippen molar-refractivity contribution in [2.75, 3.05) is 28.4 Å². The summed E-state index contributed by atoms with van der Waals surface area (Å²) >= 11 is 0. The average molecular weight is 611 g/mol. The quantitative estimate of drug-likeness (QED) is 0.253. The van der Waals surface area contributed by atoms with E-state index in [1.165, 1.54) is 68.7 Å². The first-order valence-corrected chi connectivity index (χ1v) is 15.7. The molecule has 0 spiro atoms. The molecule has 0 heterocycles. The molecule has 0 aliphatic heterocycles. The first kappa shape index (κ1) is 30.7. The van der Waals surface area contributed by atoms with Crippen LogP contribution in [0.25, 0.3) is 0 Å². The third kappa shape index (κ3) is 6.78. The molecule has 0 fully saturated rings. The fraction of sp³-hybridized carbons (Fsp3) is 0.167. The maximum atomic E-state index is 14.5. The molecule has 12 heteroatoms. The third-order valence-corrected chi connectivity index (χ3v) is 9.71. The lowest BCUT2D eigenvalue weighted by atomic mass is 10.1. The van der Waals surface area contributed by atoms with Crippen LogP contribution < -0.4 is 14.3 Å². The molecule has 0 saturated heterocycles. The lowest BCUT2D eigenvalue weighted by Gasteiger charge is -2.27. The Morgan fingerprint density at radius 2 is 1.38 bits per heavy atom. The minimum atomic E-state index is -4.02. The van der Waals surface area contributed by atoms with Gasteiger partial charge in [0, 0.05) is 25.3 Å². The maximum absolute atomic E-state index is 14.5. The molecule has 220 valence electrons. The molecule has 0 unspecified atom stereocenters. The molecular weight excluding hydrogens is 579 g/mol. The number of nitrogens with one attached hydrogen (secondary N) is 2. The number of rotatable bonds is 10. The molecule has 0 aliphatic carbocycles. The monoisotopic (exact) mass is 610 g/mol. The van der Waals surface area contributed by atoms with E-state index in [4.69, 9.17) is 0 Å². The molecule has 0 aromatic heterocycles. The van der Waals surface area contributed by atoms with E-state index < -0.39 is 32.0 Å². The van der Waals surface area contributed by atoms with Gasteiger partial charge in [-0.15, -0.1) is 0 Å². The Morgan fingerprint density at radius 1 is 0.786 bits per heavy atom. The zero-order valence-corrected chi connectivity index (χ0v) is 25.1. The Morgan fingerprint density at radius 3 is 1.95 bits per heavy atom. The first-order valence-electron chi connectivity index (χ1n) is 12.8. The van der Waals surface area contributed by atoms with E-state index in [0.717, 1.165) is 19.7 Å². The second-order valence-electron chi connectivity index (χ2n) is 9.80.